The summed E-state index contributed by atoms with van der Waals surface area (Å²) in [4.78, 5) is 15.9. The topological polar surface area (TPSA) is 84.0 Å². The molecule has 0 aromatic carbocycles. The highest BCUT2D eigenvalue weighted by molar-refractivity contribution is 14.0. The Morgan fingerprint density at radius 1 is 1.26 bits per heavy atom. The predicted octanol–water partition coefficient (Wildman–Crippen LogP) is 0.880. The summed E-state index contributed by atoms with van der Waals surface area (Å²) in [6.07, 6.45) is 1.69. The molecule has 1 rings (SSSR count). The molecule has 0 aliphatic carbocycles. The van der Waals surface area contributed by atoms with Gasteiger partial charge in [0.25, 0.3) is 0 Å². The first kappa shape index (κ1) is 22.4. The molecule has 7 nitrogen and oxygen atoms in total. The Hall–Kier alpha value is -0.610. The molecule has 0 spiro atoms. The molecule has 0 radical (unpaired) electrons. The van der Waals surface area contributed by atoms with E-state index < -0.39 is 0 Å². The highest BCUT2D eigenvalue weighted by Crippen LogP contribution is 2.23. The van der Waals surface area contributed by atoms with Gasteiger partial charge < -0.3 is 25.4 Å². The zero-order valence-corrected chi connectivity index (χ0v) is 17.2. The van der Waals surface area contributed by atoms with E-state index in [0.717, 1.165) is 12.8 Å². The van der Waals surface area contributed by atoms with Crippen LogP contribution in [0.3, 0.4) is 0 Å². The number of nitrogens with zero attached hydrogens (tertiary/aromatic N) is 1. The Kier molecular flexibility index (Phi) is 10.0. The molecule has 1 aliphatic rings. The molecular weight excluding hydrogens is 411 g/mol. The second-order valence-corrected chi connectivity index (χ2v) is 6.58. The van der Waals surface area contributed by atoms with Gasteiger partial charge in [0, 0.05) is 52.3 Å². The van der Waals surface area contributed by atoms with Crippen LogP contribution in [0.5, 0.6) is 0 Å². The Balaban J connectivity index is 0.00000484. The molecule has 0 atom stereocenters. The number of nitrogens with one attached hydrogen (secondary N) is 3. The van der Waals surface area contributed by atoms with Crippen LogP contribution in [-0.2, 0) is 14.3 Å². The van der Waals surface area contributed by atoms with Crippen LogP contribution in [0.1, 0.15) is 33.6 Å². The van der Waals surface area contributed by atoms with Crippen molar-refractivity contribution in [1.29, 1.82) is 0 Å². The van der Waals surface area contributed by atoms with Gasteiger partial charge in [-0.1, -0.05) is 0 Å². The van der Waals surface area contributed by atoms with E-state index in [4.69, 9.17) is 9.47 Å². The van der Waals surface area contributed by atoms with Crippen LogP contribution in [-0.4, -0.2) is 63.5 Å². The fraction of sp³-hybridized carbons (Fsp3) is 0.867. The molecule has 0 aromatic rings. The largest absolute Gasteiger partial charge is 0.381 e. The summed E-state index contributed by atoms with van der Waals surface area (Å²) in [5, 5.41) is 9.14. The van der Waals surface area contributed by atoms with Crippen LogP contribution >= 0.6 is 24.0 Å². The van der Waals surface area contributed by atoms with Gasteiger partial charge in [-0.05, 0) is 20.8 Å². The SMILES string of the molecule is CN=C(NCC(=O)NC(C)(C)C)NCC1(OC)CCOCC1.I. The summed E-state index contributed by atoms with van der Waals surface area (Å²) in [5.41, 5.74) is -0.471. The van der Waals surface area contributed by atoms with Crippen molar-refractivity contribution in [2.45, 2.75) is 44.8 Å². The van der Waals surface area contributed by atoms with Crippen molar-refractivity contribution >= 4 is 35.8 Å². The third-order valence-corrected chi connectivity index (χ3v) is 3.57. The van der Waals surface area contributed by atoms with Gasteiger partial charge in [0.2, 0.25) is 5.91 Å². The smallest absolute Gasteiger partial charge is 0.239 e. The van der Waals surface area contributed by atoms with Crippen LogP contribution in [0.2, 0.25) is 0 Å². The molecule has 0 unspecified atom stereocenters. The van der Waals surface area contributed by atoms with Crippen LogP contribution < -0.4 is 16.0 Å². The molecule has 136 valence electrons. The molecule has 1 saturated heterocycles. The summed E-state index contributed by atoms with van der Waals surface area (Å²) >= 11 is 0. The normalized spacial score (nSPS) is 17.9. The van der Waals surface area contributed by atoms with Gasteiger partial charge in [-0.25, -0.2) is 0 Å². The highest BCUT2D eigenvalue weighted by Gasteiger charge is 2.32. The minimum Gasteiger partial charge on any atom is -0.381 e. The zero-order valence-electron chi connectivity index (χ0n) is 14.8. The lowest BCUT2D eigenvalue weighted by molar-refractivity contribution is -0.121. The molecule has 3 N–H and O–H groups in total. The number of carbonyl (C=O) groups excluding carboxylic acids is 1. The summed E-state index contributed by atoms with van der Waals surface area (Å²) < 4.78 is 11.0. The molecule has 1 amide bonds. The number of amides is 1. The Bertz CT molecular complexity index is 391. The van der Waals surface area contributed by atoms with Gasteiger partial charge >= 0.3 is 0 Å². The van der Waals surface area contributed by atoms with Gasteiger partial charge in [-0.3, -0.25) is 9.79 Å². The van der Waals surface area contributed by atoms with Gasteiger partial charge in [-0.15, -0.1) is 24.0 Å². The van der Waals surface area contributed by atoms with E-state index in [2.05, 4.69) is 20.9 Å². The van der Waals surface area contributed by atoms with Crippen molar-refractivity contribution in [1.82, 2.24) is 16.0 Å². The van der Waals surface area contributed by atoms with Crippen LogP contribution in [0.25, 0.3) is 0 Å². The van der Waals surface area contributed by atoms with E-state index in [-0.39, 0.29) is 47.6 Å². The molecule has 0 aromatic heterocycles. The first-order chi connectivity index (χ1) is 10.3. The van der Waals surface area contributed by atoms with Crippen molar-refractivity contribution in [3.63, 3.8) is 0 Å². The zero-order chi connectivity index (χ0) is 16.6. The summed E-state index contributed by atoms with van der Waals surface area (Å²) in [6.45, 7) is 8.07. The van der Waals surface area contributed by atoms with Crippen LogP contribution in [0.4, 0.5) is 0 Å². The van der Waals surface area contributed by atoms with Crippen LogP contribution in [0.15, 0.2) is 4.99 Å². The first-order valence-electron chi connectivity index (χ1n) is 7.69. The maximum atomic E-state index is 11.8. The minimum atomic E-state index is -0.238. The van der Waals surface area contributed by atoms with E-state index in [9.17, 15) is 4.79 Å². The van der Waals surface area contributed by atoms with Gasteiger partial charge in [0.15, 0.2) is 5.96 Å². The van der Waals surface area contributed by atoms with Gasteiger partial charge in [-0.2, -0.15) is 0 Å². The van der Waals surface area contributed by atoms with E-state index in [1.807, 2.05) is 20.8 Å². The van der Waals surface area contributed by atoms with Crippen LogP contribution in [0, 0.1) is 0 Å². The Labute approximate surface area is 156 Å². The maximum Gasteiger partial charge on any atom is 0.239 e. The molecule has 8 heteroatoms. The predicted molar refractivity (Wildman–Crippen MR) is 102 cm³/mol. The highest BCUT2D eigenvalue weighted by atomic mass is 127. The summed E-state index contributed by atoms with van der Waals surface area (Å²) in [5.74, 6) is 0.523. The number of hydrogen-bond acceptors (Lipinski definition) is 4. The van der Waals surface area contributed by atoms with E-state index in [0.29, 0.717) is 25.7 Å². The maximum absolute atomic E-state index is 11.8. The second-order valence-electron chi connectivity index (χ2n) is 6.58. The monoisotopic (exact) mass is 442 g/mol. The number of ether oxygens (including phenoxy) is 2. The second kappa shape index (κ2) is 10.3. The van der Waals surface area contributed by atoms with Crippen molar-refractivity contribution in [3.8, 4) is 0 Å². The first-order valence-corrected chi connectivity index (χ1v) is 7.69. The Morgan fingerprint density at radius 3 is 2.35 bits per heavy atom. The molecule has 1 aliphatic heterocycles. The summed E-state index contributed by atoms with van der Waals surface area (Å²) in [6, 6.07) is 0. The lowest BCUT2D eigenvalue weighted by atomic mass is 9.94. The molecular formula is C15H31IN4O3. The third kappa shape index (κ3) is 8.71. The quantitative estimate of drug-likeness (QED) is 0.335. The number of guanidine groups is 1. The number of aliphatic imine (C=N–C) groups is 1. The minimum absolute atomic E-state index is 0. The van der Waals surface area contributed by atoms with Crippen molar-refractivity contribution in [2.24, 2.45) is 4.99 Å². The molecule has 0 bridgehead atoms. The number of rotatable bonds is 5. The lowest BCUT2D eigenvalue weighted by Crippen LogP contribution is -2.52. The number of methoxy groups -OCH3 is 1. The number of halogens is 1. The number of hydrogen-bond donors (Lipinski definition) is 3. The standard InChI is InChI=1S/C15H30N4O3.HI/c1-14(2,3)19-12(20)10-17-13(16-4)18-11-15(21-5)6-8-22-9-7-15;/h6-11H2,1-5H3,(H,19,20)(H2,16,17,18);1H. The van der Waals surface area contributed by atoms with Gasteiger partial charge in [0.05, 0.1) is 12.1 Å². The van der Waals surface area contributed by atoms with E-state index in [1.54, 1.807) is 14.2 Å². The van der Waals surface area contributed by atoms with E-state index in [1.165, 1.54) is 0 Å². The summed E-state index contributed by atoms with van der Waals surface area (Å²) in [7, 11) is 3.40. The van der Waals surface area contributed by atoms with Gasteiger partial charge in [0.1, 0.15) is 0 Å². The number of carbonyl (C=O) groups is 1. The fourth-order valence-electron chi connectivity index (χ4n) is 2.29. The molecule has 1 heterocycles. The molecule has 23 heavy (non-hydrogen) atoms. The Morgan fingerprint density at radius 2 is 1.87 bits per heavy atom. The molecule has 1 fully saturated rings. The third-order valence-electron chi connectivity index (χ3n) is 3.57. The van der Waals surface area contributed by atoms with Crippen molar-refractivity contribution < 1.29 is 14.3 Å². The van der Waals surface area contributed by atoms with Crippen molar-refractivity contribution in [2.75, 3.05) is 40.5 Å². The van der Waals surface area contributed by atoms with E-state index >= 15 is 0 Å². The lowest BCUT2D eigenvalue weighted by Gasteiger charge is -2.36. The van der Waals surface area contributed by atoms with Crippen molar-refractivity contribution in [3.05, 3.63) is 0 Å². The molecule has 0 saturated carbocycles. The fourth-order valence-corrected chi connectivity index (χ4v) is 2.29. The average Bonchev–Trinajstić information content (AvgIpc) is 2.46. The average molecular weight is 442 g/mol.